The highest BCUT2D eigenvalue weighted by atomic mass is 35.5. The van der Waals surface area contributed by atoms with Crippen molar-refractivity contribution in [1.29, 1.82) is 5.26 Å². The highest BCUT2D eigenvalue weighted by Gasteiger charge is 2.62. The second-order valence-corrected chi connectivity index (χ2v) is 18.0. The topological polar surface area (TPSA) is 178 Å². The van der Waals surface area contributed by atoms with Gasteiger partial charge in [0.1, 0.15) is 23.7 Å². The Morgan fingerprint density at radius 2 is 1.83 bits per heavy atom. The van der Waals surface area contributed by atoms with Crippen LogP contribution in [0.15, 0.2) is 42.5 Å². The molecule has 5 atom stereocenters. The highest BCUT2D eigenvalue weighted by Crippen LogP contribution is 2.47. The molecule has 1 unspecified atom stereocenters. The number of nitriles is 1. The molecular formula is C38H47ClN6O7S. The number of carbonyl (C=O) groups excluding carboxylic acids is 4. The fraction of sp³-hybridized carbons (Fsp3) is 0.553. The van der Waals surface area contributed by atoms with E-state index < -0.39 is 68.2 Å². The van der Waals surface area contributed by atoms with Crippen molar-refractivity contribution in [3.63, 3.8) is 0 Å². The molecule has 13 nitrogen and oxygen atoms in total. The molecule has 53 heavy (non-hydrogen) atoms. The maximum absolute atomic E-state index is 14.5. The Kier molecular flexibility index (Phi) is 10.5. The number of likely N-dealkylation sites (tertiary alicyclic amines) is 1. The summed E-state index contributed by atoms with van der Waals surface area (Å²) < 4.78 is 33.5. The van der Waals surface area contributed by atoms with Gasteiger partial charge in [-0.2, -0.15) is 5.26 Å². The van der Waals surface area contributed by atoms with Crippen LogP contribution in [0.2, 0.25) is 5.02 Å². The van der Waals surface area contributed by atoms with Gasteiger partial charge in [-0.3, -0.25) is 24.0 Å². The first-order valence-electron chi connectivity index (χ1n) is 18.2. The molecule has 0 bridgehead atoms. The Morgan fingerprint density at radius 1 is 1.11 bits per heavy atom. The van der Waals surface area contributed by atoms with E-state index in [0.717, 1.165) is 16.7 Å². The largest absolute Gasteiger partial charge is 0.444 e. The molecule has 2 aromatic carbocycles. The zero-order valence-corrected chi connectivity index (χ0v) is 32.2. The Balaban J connectivity index is 1.24. The van der Waals surface area contributed by atoms with Gasteiger partial charge in [0.05, 0.1) is 29.8 Å². The lowest BCUT2D eigenvalue weighted by molar-refractivity contribution is -0.140. The van der Waals surface area contributed by atoms with Crippen LogP contribution in [0.1, 0.15) is 83.4 Å². The van der Waals surface area contributed by atoms with Crippen molar-refractivity contribution in [3.8, 4) is 6.07 Å². The molecule has 0 spiro atoms. The van der Waals surface area contributed by atoms with Crippen LogP contribution in [0.25, 0.3) is 0 Å². The molecule has 2 aliphatic carbocycles. The van der Waals surface area contributed by atoms with E-state index in [4.69, 9.17) is 16.3 Å². The molecule has 4 amide bonds. The molecule has 2 saturated carbocycles. The predicted molar refractivity (Wildman–Crippen MR) is 198 cm³/mol. The summed E-state index contributed by atoms with van der Waals surface area (Å²) in [6.45, 7) is 9.68. The van der Waals surface area contributed by atoms with Crippen LogP contribution in [-0.4, -0.2) is 77.6 Å². The number of hydrogen-bond acceptors (Lipinski definition) is 9. The Bertz CT molecular complexity index is 1960. The maximum Gasteiger partial charge on any atom is 0.410 e. The third-order valence-corrected chi connectivity index (χ3v) is 13.1. The van der Waals surface area contributed by atoms with Crippen LogP contribution in [-0.2, 0) is 47.6 Å². The number of anilines is 1. The van der Waals surface area contributed by atoms with Gasteiger partial charge in [-0.15, -0.1) is 0 Å². The van der Waals surface area contributed by atoms with Crippen molar-refractivity contribution in [3.05, 3.63) is 64.2 Å². The zero-order valence-electron chi connectivity index (χ0n) is 30.6. The second kappa shape index (κ2) is 14.5. The first kappa shape index (κ1) is 38.4. The van der Waals surface area contributed by atoms with E-state index in [1.807, 2.05) is 45.0 Å². The van der Waals surface area contributed by atoms with Crippen LogP contribution in [0.5, 0.6) is 0 Å². The van der Waals surface area contributed by atoms with E-state index in [0.29, 0.717) is 36.5 Å². The van der Waals surface area contributed by atoms with Gasteiger partial charge >= 0.3 is 6.09 Å². The average Bonchev–Trinajstić information content (AvgIpc) is 4.01. The quantitative estimate of drug-likeness (QED) is 0.279. The standard InChI is InChI=1S/C38H47ClN6O7S/c1-6-24-17-38(24,35(48)43-53(50,51)28-13-14-28)42-33(46)31-16-27(52-36(49)44-18-23-9-7-12-30(39)29(23)20-44)19-45(31)34(47)32(22(2)3)41-26-11-8-10-25(15-26)37(4,5)21-40/h7-12,15,22,24,27-28,31-32,41H,6,13-14,16-20H2,1-5H3,(H,42,46)(H,43,48)/t24-,27?,31+,32+,38-/m1/s1. The summed E-state index contributed by atoms with van der Waals surface area (Å²) in [6, 6.07) is 13.1. The Morgan fingerprint density at radius 3 is 2.45 bits per heavy atom. The lowest BCUT2D eigenvalue weighted by Crippen LogP contribution is -2.58. The number of amides is 4. The number of carbonyl (C=O) groups is 4. The smallest absolute Gasteiger partial charge is 0.410 e. The van der Waals surface area contributed by atoms with Gasteiger partial charge in [-0.1, -0.05) is 63.1 Å². The van der Waals surface area contributed by atoms with E-state index in [1.54, 1.807) is 32.0 Å². The van der Waals surface area contributed by atoms with Gasteiger partial charge in [0, 0.05) is 23.7 Å². The molecule has 3 fully saturated rings. The van der Waals surface area contributed by atoms with Crippen molar-refractivity contribution in [2.75, 3.05) is 11.9 Å². The van der Waals surface area contributed by atoms with Gasteiger partial charge in [0.15, 0.2) is 0 Å². The van der Waals surface area contributed by atoms with Crippen LogP contribution in [0.4, 0.5) is 10.5 Å². The third-order valence-electron chi connectivity index (χ3n) is 11.0. The third kappa shape index (κ3) is 7.82. The summed E-state index contributed by atoms with van der Waals surface area (Å²) in [5.74, 6) is -2.38. The number of sulfonamides is 1. The average molecular weight is 767 g/mol. The molecule has 3 N–H and O–H groups in total. The molecule has 15 heteroatoms. The highest BCUT2D eigenvalue weighted by molar-refractivity contribution is 7.91. The molecule has 284 valence electrons. The molecule has 0 aromatic heterocycles. The fourth-order valence-electron chi connectivity index (χ4n) is 7.33. The van der Waals surface area contributed by atoms with Gasteiger partial charge in [0.2, 0.25) is 21.8 Å². The first-order chi connectivity index (χ1) is 25.0. The summed E-state index contributed by atoms with van der Waals surface area (Å²) >= 11 is 6.37. The molecule has 2 aromatic rings. The number of nitrogens with zero attached hydrogens (tertiary/aromatic N) is 3. The monoisotopic (exact) mass is 766 g/mol. The van der Waals surface area contributed by atoms with Gasteiger partial charge < -0.3 is 20.3 Å². The number of halogens is 1. The van der Waals surface area contributed by atoms with E-state index in [9.17, 15) is 32.9 Å². The maximum atomic E-state index is 14.5. The normalized spacial score (nSPS) is 24.2. The SMILES string of the molecule is CC[C@@H]1C[C@]1(NC(=O)[C@@H]1CC(OC(=O)N2Cc3cccc(Cl)c3C2)CN1C(=O)[C@@H](Nc1cccc(C(C)(C)C#N)c1)C(C)C)C(=O)NS(=O)(=O)C1CC1. The van der Waals surface area contributed by atoms with E-state index in [2.05, 4.69) is 21.4 Å². The van der Waals surface area contributed by atoms with Crippen LogP contribution < -0.4 is 15.4 Å². The van der Waals surface area contributed by atoms with Gasteiger partial charge in [0.25, 0.3) is 5.91 Å². The minimum Gasteiger partial charge on any atom is -0.444 e. The number of nitrogens with one attached hydrogen (secondary N) is 3. The second-order valence-electron chi connectivity index (χ2n) is 15.6. The number of fused-ring (bicyclic) bond motifs is 1. The van der Waals surface area contributed by atoms with E-state index >= 15 is 0 Å². The molecule has 2 heterocycles. The van der Waals surface area contributed by atoms with E-state index in [-0.39, 0.29) is 37.8 Å². The molecular weight excluding hydrogens is 720 g/mol. The minimum absolute atomic E-state index is 0.0314. The van der Waals surface area contributed by atoms with Crippen molar-refractivity contribution in [2.45, 2.75) is 114 Å². The van der Waals surface area contributed by atoms with Crippen LogP contribution >= 0.6 is 11.6 Å². The number of hydrogen-bond donors (Lipinski definition) is 3. The van der Waals surface area contributed by atoms with Crippen molar-refractivity contribution in [2.24, 2.45) is 11.8 Å². The summed E-state index contributed by atoms with van der Waals surface area (Å²) in [6.07, 6.45) is 0.227. The Labute approximate surface area is 315 Å². The molecule has 2 aliphatic heterocycles. The van der Waals surface area contributed by atoms with Crippen molar-refractivity contribution in [1.82, 2.24) is 19.8 Å². The zero-order chi connectivity index (χ0) is 38.5. The minimum atomic E-state index is -3.87. The Hall–Kier alpha value is -4.35. The molecule has 1 saturated heterocycles. The molecule has 0 radical (unpaired) electrons. The summed E-state index contributed by atoms with van der Waals surface area (Å²) in [5, 5.41) is 15.8. The van der Waals surface area contributed by atoms with Gasteiger partial charge in [-0.05, 0) is 79.8 Å². The van der Waals surface area contributed by atoms with Crippen LogP contribution in [0, 0.1) is 23.2 Å². The van der Waals surface area contributed by atoms with Crippen molar-refractivity contribution >= 4 is 51.1 Å². The van der Waals surface area contributed by atoms with Crippen LogP contribution in [0.3, 0.4) is 0 Å². The lowest BCUT2D eigenvalue weighted by atomic mass is 9.86. The number of rotatable bonds is 12. The van der Waals surface area contributed by atoms with Gasteiger partial charge in [-0.25, -0.2) is 13.2 Å². The molecule has 4 aliphatic rings. The number of benzene rings is 2. The first-order valence-corrected chi connectivity index (χ1v) is 20.1. The lowest BCUT2D eigenvalue weighted by Gasteiger charge is -2.32. The molecule has 6 rings (SSSR count). The van der Waals surface area contributed by atoms with E-state index in [1.165, 1.54) is 9.80 Å². The summed E-state index contributed by atoms with van der Waals surface area (Å²) in [5.41, 5.74) is 0.905. The number of ether oxygens (including phenoxy) is 1. The summed E-state index contributed by atoms with van der Waals surface area (Å²) in [4.78, 5) is 58.7. The predicted octanol–water partition coefficient (Wildman–Crippen LogP) is 4.59. The van der Waals surface area contributed by atoms with Crippen molar-refractivity contribution < 1.29 is 32.3 Å². The fourth-order valence-corrected chi connectivity index (χ4v) is 8.95. The summed E-state index contributed by atoms with van der Waals surface area (Å²) in [7, 11) is -3.87.